The molecule has 196 valence electrons. The van der Waals surface area contributed by atoms with Crippen LogP contribution in [0.25, 0.3) is 0 Å². The molecule has 13 nitrogen and oxygen atoms in total. The molecule has 0 aliphatic carbocycles. The van der Waals surface area contributed by atoms with Gasteiger partial charge < -0.3 is 44.0 Å². The Kier molecular flexibility index (Phi) is 15.7. The van der Waals surface area contributed by atoms with Crippen molar-refractivity contribution in [2.24, 2.45) is 33.8 Å². The lowest BCUT2D eigenvalue weighted by Gasteiger charge is -2.25. The van der Waals surface area contributed by atoms with Crippen molar-refractivity contribution in [3.05, 3.63) is 0 Å². The number of nitrogens with one attached hydrogen (secondary N) is 3. The first-order valence-corrected chi connectivity index (χ1v) is 11.8. The van der Waals surface area contributed by atoms with Crippen LogP contribution in [0.15, 0.2) is 4.99 Å². The molecule has 4 unspecified atom stereocenters. The van der Waals surface area contributed by atoms with E-state index in [9.17, 15) is 24.3 Å². The van der Waals surface area contributed by atoms with Crippen LogP contribution < -0.4 is 38.9 Å². The molecule has 3 amide bonds. The number of thiol groups is 1. The number of hydrogen-bond donors (Lipinski definition) is 9. The molecular formula is C20H40N8O5S. The SMILES string of the molecule is CC(C)C(N)C(=O)NC(CCCCN)C(=O)NC(CS)C(=O)NC(CCCN=C(N)N)C(=O)O. The van der Waals surface area contributed by atoms with Gasteiger partial charge in [0.2, 0.25) is 17.7 Å². The van der Waals surface area contributed by atoms with E-state index in [-0.39, 0.29) is 30.6 Å². The van der Waals surface area contributed by atoms with Gasteiger partial charge in [0.1, 0.15) is 18.1 Å². The number of carbonyl (C=O) groups is 4. The number of amides is 3. The Bertz CT molecular complexity index is 702. The standard InChI is InChI=1S/C20H40N8O5S/c1-11(2)15(22)18(31)26-12(6-3-4-8-21)16(29)28-14(10-34)17(30)27-13(19(32)33)7-5-9-25-20(23)24/h11-15,34H,3-10,21-22H2,1-2H3,(H,26,31)(H,27,30)(H,28,29)(H,32,33)(H4,23,24,25). The summed E-state index contributed by atoms with van der Waals surface area (Å²) >= 11 is 4.10. The number of carbonyl (C=O) groups excluding carboxylic acids is 3. The second kappa shape index (κ2) is 16.9. The van der Waals surface area contributed by atoms with Crippen molar-refractivity contribution in [1.82, 2.24) is 16.0 Å². The molecule has 0 fully saturated rings. The van der Waals surface area contributed by atoms with E-state index in [4.69, 9.17) is 22.9 Å². The lowest BCUT2D eigenvalue weighted by Crippen LogP contribution is -2.58. The first-order valence-electron chi connectivity index (χ1n) is 11.2. The van der Waals surface area contributed by atoms with Crippen molar-refractivity contribution in [2.45, 2.75) is 70.1 Å². The van der Waals surface area contributed by atoms with Gasteiger partial charge in [0.05, 0.1) is 6.04 Å². The molecule has 0 saturated carbocycles. The van der Waals surface area contributed by atoms with Crippen LogP contribution in [-0.2, 0) is 19.2 Å². The van der Waals surface area contributed by atoms with Crippen molar-refractivity contribution in [2.75, 3.05) is 18.8 Å². The average molecular weight is 505 g/mol. The molecule has 0 saturated heterocycles. The quantitative estimate of drug-likeness (QED) is 0.0444. The van der Waals surface area contributed by atoms with E-state index in [0.29, 0.717) is 32.2 Å². The average Bonchev–Trinajstić information content (AvgIpc) is 2.77. The fourth-order valence-corrected chi connectivity index (χ4v) is 3.09. The Morgan fingerprint density at radius 3 is 1.91 bits per heavy atom. The van der Waals surface area contributed by atoms with E-state index in [1.165, 1.54) is 0 Å². The molecule has 0 heterocycles. The fourth-order valence-electron chi connectivity index (χ4n) is 2.83. The first kappa shape index (κ1) is 31.4. The maximum Gasteiger partial charge on any atom is 0.326 e. The molecule has 0 aliphatic heterocycles. The van der Waals surface area contributed by atoms with E-state index < -0.39 is 47.9 Å². The van der Waals surface area contributed by atoms with E-state index in [0.717, 1.165) is 0 Å². The minimum absolute atomic E-state index is 0.0793. The number of nitrogens with zero attached hydrogens (tertiary/aromatic N) is 1. The summed E-state index contributed by atoms with van der Waals surface area (Å²) in [5, 5.41) is 16.9. The van der Waals surface area contributed by atoms with Crippen LogP contribution in [0.4, 0.5) is 0 Å². The Morgan fingerprint density at radius 1 is 0.882 bits per heavy atom. The highest BCUT2D eigenvalue weighted by molar-refractivity contribution is 7.80. The van der Waals surface area contributed by atoms with Crippen LogP contribution in [0.5, 0.6) is 0 Å². The van der Waals surface area contributed by atoms with Gasteiger partial charge in [-0.2, -0.15) is 12.6 Å². The summed E-state index contributed by atoms with van der Waals surface area (Å²) in [6, 6.07) is -4.06. The largest absolute Gasteiger partial charge is 0.480 e. The first-order chi connectivity index (χ1) is 15.9. The summed E-state index contributed by atoms with van der Waals surface area (Å²) in [6.07, 6.45) is 1.91. The van der Waals surface area contributed by atoms with Gasteiger partial charge in [-0.1, -0.05) is 13.8 Å². The molecular weight excluding hydrogens is 464 g/mol. The third-order valence-corrected chi connectivity index (χ3v) is 5.34. The van der Waals surface area contributed by atoms with Crippen LogP contribution in [0.3, 0.4) is 0 Å². The van der Waals surface area contributed by atoms with Gasteiger partial charge in [-0.15, -0.1) is 0 Å². The monoisotopic (exact) mass is 504 g/mol. The number of nitrogens with two attached hydrogens (primary N) is 4. The molecule has 0 bridgehead atoms. The van der Waals surface area contributed by atoms with E-state index in [1.807, 2.05) is 0 Å². The van der Waals surface area contributed by atoms with E-state index >= 15 is 0 Å². The number of unbranched alkanes of at least 4 members (excludes halogenated alkanes) is 1. The number of carboxylic acid groups (broad SMARTS) is 1. The third-order valence-electron chi connectivity index (χ3n) is 4.98. The number of rotatable bonds is 17. The highest BCUT2D eigenvalue weighted by Crippen LogP contribution is 2.06. The van der Waals surface area contributed by atoms with Gasteiger partial charge in [-0.3, -0.25) is 19.4 Å². The van der Waals surface area contributed by atoms with Crippen molar-refractivity contribution < 1.29 is 24.3 Å². The second-order valence-corrected chi connectivity index (χ2v) is 8.57. The minimum atomic E-state index is -1.24. The molecule has 0 aromatic carbocycles. The van der Waals surface area contributed by atoms with Gasteiger partial charge in [-0.25, -0.2) is 4.79 Å². The maximum absolute atomic E-state index is 12.9. The highest BCUT2D eigenvalue weighted by Gasteiger charge is 2.29. The van der Waals surface area contributed by atoms with Crippen LogP contribution in [0.2, 0.25) is 0 Å². The number of carboxylic acids is 1. The Morgan fingerprint density at radius 2 is 1.41 bits per heavy atom. The lowest BCUT2D eigenvalue weighted by atomic mass is 10.0. The highest BCUT2D eigenvalue weighted by atomic mass is 32.1. The van der Waals surface area contributed by atoms with E-state index in [1.54, 1.807) is 13.8 Å². The molecule has 34 heavy (non-hydrogen) atoms. The van der Waals surface area contributed by atoms with Crippen molar-refractivity contribution in [3.63, 3.8) is 0 Å². The molecule has 0 aliphatic rings. The molecule has 0 aromatic heterocycles. The predicted molar refractivity (Wildman–Crippen MR) is 133 cm³/mol. The third kappa shape index (κ3) is 12.6. The van der Waals surface area contributed by atoms with Crippen LogP contribution in [0.1, 0.15) is 46.0 Å². The van der Waals surface area contributed by atoms with Crippen molar-refractivity contribution in [1.29, 1.82) is 0 Å². The van der Waals surface area contributed by atoms with Crippen molar-refractivity contribution in [3.8, 4) is 0 Å². The molecule has 0 radical (unpaired) electrons. The molecule has 0 spiro atoms. The summed E-state index contributed by atoms with van der Waals surface area (Å²) in [6.45, 7) is 4.20. The summed E-state index contributed by atoms with van der Waals surface area (Å²) in [5.41, 5.74) is 21.8. The summed E-state index contributed by atoms with van der Waals surface area (Å²) in [5.74, 6) is -3.38. The number of aliphatic carboxylic acids is 1. The zero-order valence-corrected chi connectivity index (χ0v) is 20.7. The van der Waals surface area contributed by atoms with Gasteiger partial charge in [0.25, 0.3) is 0 Å². The number of aliphatic imine (C=N–C) groups is 1. The fraction of sp³-hybridized carbons (Fsp3) is 0.750. The molecule has 14 heteroatoms. The number of hydrogen-bond acceptors (Lipinski definition) is 8. The topological polar surface area (TPSA) is 241 Å². The summed E-state index contributed by atoms with van der Waals surface area (Å²) in [4.78, 5) is 53.2. The Balaban J connectivity index is 5.19. The minimum Gasteiger partial charge on any atom is -0.480 e. The van der Waals surface area contributed by atoms with Gasteiger partial charge in [-0.05, 0) is 44.6 Å². The summed E-state index contributed by atoms with van der Waals surface area (Å²) < 4.78 is 0. The van der Waals surface area contributed by atoms with Crippen LogP contribution >= 0.6 is 12.6 Å². The summed E-state index contributed by atoms with van der Waals surface area (Å²) in [7, 11) is 0. The van der Waals surface area contributed by atoms with Gasteiger partial charge in [0, 0.05) is 12.3 Å². The van der Waals surface area contributed by atoms with E-state index in [2.05, 4.69) is 33.6 Å². The Hall–Kier alpha value is -2.58. The van der Waals surface area contributed by atoms with Gasteiger partial charge >= 0.3 is 5.97 Å². The molecule has 4 atom stereocenters. The zero-order valence-electron chi connectivity index (χ0n) is 19.8. The normalized spacial score (nSPS) is 14.4. The van der Waals surface area contributed by atoms with Gasteiger partial charge in [0.15, 0.2) is 5.96 Å². The molecule has 0 rings (SSSR count). The van der Waals surface area contributed by atoms with Crippen LogP contribution in [-0.4, -0.2) is 77.8 Å². The molecule has 0 aromatic rings. The zero-order chi connectivity index (χ0) is 26.3. The Labute approximate surface area is 205 Å². The predicted octanol–water partition coefficient (Wildman–Crippen LogP) is -2.38. The molecule has 12 N–H and O–H groups in total. The van der Waals surface area contributed by atoms with Crippen LogP contribution in [0, 0.1) is 5.92 Å². The number of guanidine groups is 1. The second-order valence-electron chi connectivity index (χ2n) is 8.21. The smallest absolute Gasteiger partial charge is 0.326 e. The lowest BCUT2D eigenvalue weighted by molar-refractivity contribution is -0.142. The maximum atomic E-state index is 12.9. The van der Waals surface area contributed by atoms with Crippen molar-refractivity contribution >= 4 is 42.3 Å².